The molecule has 0 bridgehead atoms. The first-order valence-corrected chi connectivity index (χ1v) is 4.28. The number of hydrogen-bond donors (Lipinski definition) is 2. The third-order valence-electron chi connectivity index (χ3n) is 1.96. The second-order valence-corrected chi connectivity index (χ2v) is 3.08. The molecule has 76 valence electrons. The molecule has 0 heterocycles. The Bertz CT molecular complexity index is 363. The molecular formula is C10H12FNO2. The number of nitrogens with two attached hydrogens (primary N) is 1. The van der Waals surface area contributed by atoms with Crippen molar-refractivity contribution in [1.82, 2.24) is 0 Å². The smallest absolute Gasteiger partial charge is 0.167 e. The van der Waals surface area contributed by atoms with E-state index in [-0.39, 0.29) is 30.1 Å². The molecule has 1 rings (SSSR count). The number of phenolic OH excluding ortho intramolecular Hbond substituents is 1. The molecule has 0 aromatic heterocycles. The van der Waals surface area contributed by atoms with Crippen LogP contribution < -0.4 is 5.73 Å². The molecule has 0 spiro atoms. The van der Waals surface area contributed by atoms with E-state index in [0.29, 0.717) is 5.56 Å². The van der Waals surface area contributed by atoms with Crippen molar-refractivity contribution in [3.63, 3.8) is 0 Å². The molecule has 0 saturated heterocycles. The number of aromatic hydroxyl groups is 1. The third-order valence-corrected chi connectivity index (χ3v) is 1.96. The van der Waals surface area contributed by atoms with Gasteiger partial charge >= 0.3 is 0 Å². The number of rotatable bonds is 3. The number of hydrogen-bond acceptors (Lipinski definition) is 3. The van der Waals surface area contributed by atoms with Gasteiger partial charge in [0.15, 0.2) is 5.78 Å². The van der Waals surface area contributed by atoms with Gasteiger partial charge in [-0.2, -0.15) is 0 Å². The number of halogens is 1. The van der Waals surface area contributed by atoms with Gasteiger partial charge in [0.05, 0.1) is 5.56 Å². The molecule has 3 nitrogen and oxygen atoms in total. The second-order valence-electron chi connectivity index (χ2n) is 3.08. The molecule has 0 radical (unpaired) electrons. The van der Waals surface area contributed by atoms with Crippen LogP contribution >= 0.6 is 0 Å². The quantitative estimate of drug-likeness (QED) is 0.719. The second kappa shape index (κ2) is 4.19. The van der Waals surface area contributed by atoms with Gasteiger partial charge in [0.2, 0.25) is 0 Å². The Morgan fingerprint density at radius 2 is 2.21 bits per heavy atom. The van der Waals surface area contributed by atoms with Gasteiger partial charge in [0, 0.05) is 12.5 Å². The Hall–Kier alpha value is -1.42. The molecular weight excluding hydrogens is 185 g/mol. The van der Waals surface area contributed by atoms with Crippen LogP contribution in [-0.2, 0) is 0 Å². The first-order chi connectivity index (χ1) is 6.56. The van der Waals surface area contributed by atoms with Crippen LogP contribution in [0.2, 0.25) is 0 Å². The minimum Gasteiger partial charge on any atom is -0.508 e. The molecule has 0 aliphatic rings. The lowest BCUT2D eigenvalue weighted by molar-refractivity contribution is 0.0981. The van der Waals surface area contributed by atoms with Crippen LogP contribution in [0, 0.1) is 12.7 Å². The Kier molecular flexibility index (Phi) is 3.19. The van der Waals surface area contributed by atoms with E-state index >= 15 is 0 Å². The lowest BCUT2D eigenvalue weighted by atomic mass is 10.0. The van der Waals surface area contributed by atoms with Gasteiger partial charge in [-0.15, -0.1) is 0 Å². The zero-order valence-corrected chi connectivity index (χ0v) is 7.88. The molecule has 1 aromatic carbocycles. The zero-order chi connectivity index (χ0) is 10.7. The van der Waals surface area contributed by atoms with Crippen LogP contribution in [0.15, 0.2) is 12.1 Å². The van der Waals surface area contributed by atoms with Crippen molar-refractivity contribution in [2.45, 2.75) is 13.3 Å². The van der Waals surface area contributed by atoms with Gasteiger partial charge < -0.3 is 10.8 Å². The average molecular weight is 197 g/mol. The summed E-state index contributed by atoms with van der Waals surface area (Å²) < 4.78 is 13.2. The molecule has 4 heteroatoms. The number of benzene rings is 1. The van der Waals surface area contributed by atoms with E-state index in [1.807, 2.05) is 0 Å². The van der Waals surface area contributed by atoms with E-state index in [1.165, 1.54) is 6.07 Å². The van der Waals surface area contributed by atoms with Crippen LogP contribution in [0.4, 0.5) is 4.39 Å². The normalized spacial score (nSPS) is 10.2. The van der Waals surface area contributed by atoms with Gasteiger partial charge in [0.1, 0.15) is 11.6 Å². The van der Waals surface area contributed by atoms with Gasteiger partial charge in [0.25, 0.3) is 0 Å². The summed E-state index contributed by atoms with van der Waals surface area (Å²) in [5.41, 5.74) is 5.66. The topological polar surface area (TPSA) is 63.3 Å². The number of Topliss-reactive ketones (excluding diaryl/α,β-unsaturated/α-hetero) is 1. The zero-order valence-electron chi connectivity index (χ0n) is 7.88. The summed E-state index contributed by atoms with van der Waals surface area (Å²) in [6, 6.07) is 2.28. The monoisotopic (exact) mass is 197 g/mol. The number of carbonyl (C=O) groups is 1. The molecule has 1 aromatic rings. The van der Waals surface area contributed by atoms with Crippen LogP contribution in [-0.4, -0.2) is 17.4 Å². The summed E-state index contributed by atoms with van der Waals surface area (Å²) in [5.74, 6) is -1.19. The lowest BCUT2D eigenvalue weighted by Crippen LogP contribution is -2.10. The van der Waals surface area contributed by atoms with Crippen molar-refractivity contribution in [2.24, 2.45) is 5.73 Å². The fraction of sp³-hybridized carbons (Fsp3) is 0.300. The average Bonchev–Trinajstić information content (AvgIpc) is 2.11. The predicted molar refractivity (Wildman–Crippen MR) is 50.8 cm³/mol. The van der Waals surface area contributed by atoms with Gasteiger partial charge in [-0.1, -0.05) is 0 Å². The summed E-state index contributed by atoms with van der Waals surface area (Å²) in [6.45, 7) is 1.80. The summed E-state index contributed by atoms with van der Waals surface area (Å²) in [7, 11) is 0. The maximum Gasteiger partial charge on any atom is 0.167 e. The van der Waals surface area contributed by atoms with Gasteiger partial charge in [-0.05, 0) is 25.1 Å². The first-order valence-electron chi connectivity index (χ1n) is 4.28. The molecule has 0 unspecified atom stereocenters. The van der Waals surface area contributed by atoms with E-state index in [1.54, 1.807) is 6.92 Å². The van der Waals surface area contributed by atoms with Gasteiger partial charge in [-0.25, -0.2) is 4.39 Å². The van der Waals surface area contributed by atoms with E-state index in [0.717, 1.165) is 6.07 Å². The van der Waals surface area contributed by atoms with Crippen molar-refractivity contribution in [2.75, 3.05) is 6.54 Å². The molecule has 0 aliphatic carbocycles. The van der Waals surface area contributed by atoms with Crippen molar-refractivity contribution in [3.8, 4) is 5.75 Å². The van der Waals surface area contributed by atoms with Crippen molar-refractivity contribution in [3.05, 3.63) is 29.1 Å². The lowest BCUT2D eigenvalue weighted by Gasteiger charge is -2.04. The Labute approximate surface area is 81.4 Å². The van der Waals surface area contributed by atoms with Crippen molar-refractivity contribution in [1.29, 1.82) is 0 Å². The van der Waals surface area contributed by atoms with Crippen LogP contribution in [0.1, 0.15) is 22.3 Å². The van der Waals surface area contributed by atoms with Crippen molar-refractivity contribution >= 4 is 5.78 Å². The third kappa shape index (κ3) is 2.09. The first kappa shape index (κ1) is 10.7. The minimum atomic E-state index is -0.702. The highest BCUT2D eigenvalue weighted by atomic mass is 19.1. The molecule has 0 atom stereocenters. The number of ketones is 1. The predicted octanol–water partition coefficient (Wildman–Crippen LogP) is 1.37. The minimum absolute atomic E-state index is 0.00856. The molecule has 3 N–H and O–H groups in total. The number of carbonyl (C=O) groups excluding carboxylic acids is 1. The Morgan fingerprint density at radius 1 is 1.57 bits per heavy atom. The highest BCUT2D eigenvalue weighted by molar-refractivity contribution is 5.96. The Balaban J connectivity index is 3.09. The van der Waals surface area contributed by atoms with Crippen LogP contribution in [0.25, 0.3) is 0 Å². The van der Waals surface area contributed by atoms with E-state index < -0.39 is 5.82 Å². The molecule has 0 fully saturated rings. The van der Waals surface area contributed by atoms with E-state index in [4.69, 9.17) is 10.8 Å². The largest absolute Gasteiger partial charge is 0.508 e. The highest BCUT2D eigenvalue weighted by Crippen LogP contribution is 2.21. The number of phenols is 1. The van der Waals surface area contributed by atoms with E-state index in [2.05, 4.69) is 0 Å². The molecule has 0 aliphatic heterocycles. The molecule has 14 heavy (non-hydrogen) atoms. The maximum absolute atomic E-state index is 13.2. The van der Waals surface area contributed by atoms with Gasteiger partial charge in [-0.3, -0.25) is 4.79 Å². The van der Waals surface area contributed by atoms with Crippen LogP contribution in [0.3, 0.4) is 0 Å². The molecule has 0 saturated carbocycles. The molecule has 0 amide bonds. The summed E-state index contributed by atoms with van der Waals surface area (Å²) in [6.07, 6.45) is 0.112. The fourth-order valence-electron chi connectivity index (χ4n) is 1.15. The summed E-state index contributed by atoms with van der Waals surface area (Å²) in [5, 5.41) is 9.16. The summed E-state index contributed by atoms with van der Waals surface area (Å²) >= 11 is 0. The highest BCUT2D eigenvalue weighted by Gasteiger charge is 2.13. The van der Waals surface area contributed by atoms with Crippen LogP contribution in [0.5, 0.6) is 5.75 Å². The SMILES string of the molecule is Cc1cc(C(=O)CCN)c(F)cc1O. The number of aryl methyl sites for hydroxylation is 1. The standard InChI is InChI=1S/C10H12FNO2/c1-6-4-7(9(13)2-3-12)8(11)5-10(6)14/h4-5,14H,2-3,12H2,1H3. The fourth-order valence-corrected chi connectivity index (χ4v) is 1.15. The van der Waals surface area contributed by atoms with Crippen molar-refractivity contribution < 1.29 is 14.3 Å². The summed E-state index contributed by atoms with van der Waals surface area (Å²) in [4.78, 5) is 11.3. The maximum atomic E-state index is 13.2. The Morgan fingerprint density at radius 3 is 2.79 bits per heavy atom. The van der Waals surface area contributed by atoms with E-state index in [9.17, 15) is 9.18 Å².